The third-order valence-corrected chi connectivity index (χ3v) is 8.28. The van der Waals surface area contributed by atoms with Gasteiger partial charge < -0.3 is 25.8 Å². The van der Waals surface area contributed by atoms with Crippen molar-refractivity contribution in [1.29, 1.82) is 0 Å². The number of piperazine rings is 1. The summed E-state index contributed by atoms with van der Waals surface area (Å²) >= 11 is 0. The lowest BCUT2D eigenvalue weighted by Crippen LogP contribution is -2.46. The van der Waals surface area contributed by atoms with E-state index in [9.17, 15) is 14.4 Å². The summed E-state index contributed by atoms with van der Waals surface area (Å²) in [5.41, 5.74) is 6.09. The third-order valence-electron chi connectivity index (χ3n) is 8.28. The van der Waals surface area contributed by atoms with E-state index in [1.54, 1.807) is 24.3 Å². The van der Waals surface area contributed by atoms with Crippen LogP contribution in [0.3, 0.4) is 0 Å². The molecule has 0 saturated carbocycles. The van der Waals surface area contributed by atoms with E-state index >= 15 is 0 Å². The summed E-state index contributed by atoms with van der Waals surface area (Å²) in [6, 6.07) is 15.0. The molecule has 1 aromatic heterocycles. The van der Waals surface area contributed by atoms with Crippen molar-refractivity contribution in [3.05, 3.63) is 87.7 Å². The van der Waals surface area contributed by atoms with Gasteiger partial charge in [-0.15, -0.1) is 0 Å². The lowest BCUT2D eigenvalue weighted by atomic mass is 10.0. The van der Waals surface area contributed by atoms with Crippen molar-refractivity contribution in [2.45, 2.75) is 33.2 Å². The fourth-order valence-electron chi connectivity index (χ4n) is 5.71. The van der Waals surface area contributed by atoms with Crippen LogP contribution < -0.4 is 16.0 Å². The summed E-state index contributed by atoms with van der Waals surface area (Å²) in [4.78, 5) is 47.3. The highest BCUT2D eigenvalue weighted by atomic mass is 16.2. The molecule has 220 valence electrons. The molecular weight excluding hydrogens is 528 g/mol. The van der Waals surface area contributed by atoms with Crippen molar-refractivity contribution in [2.24, 2.45) is 0 Å². The molecule has 2 aliphatic rings. The van der Waals surface area contributed by atoms with E-state index in [-0.39, 0.29) is 23.8 Å². The highest BCUT2D eigenvalue weighted by Crippen LogP contribution is 2.35. The SMILES string of the molecule is CC[C@@H](NC(=O)c1ccc2c(c1)C(=Cc1[nH]c(C)c(C(=O)NCCN3CCN(C)CC3)c1C)C(=O)N2)c1ccccc1. The second kappa shape index (κ2) is 12.8. The van der Waals surface area contributed by atoms with E-state index in [1.165, 1.54) is 0 Å². The van der Waals surface area contributed by atoms with Gasteiger partial charge in [-0.05, 0) is 62.7 Å². The number of aromatic amines is 1. The van der Waals surface area contributed by atoms with Crippen LogP contribution in [0.4, 0.5) is 5.69 Å². The average Bonchev–Trinajstić information content (AvgIpc) is 3.46. The van der Waals surface area contributed by atoms with E-state index in [0.717, 1.165) is 56.0 Å². The van der Waals surface area contributed by atoms with Crippen LogP contribution >= 0.6 is 0 Å². The molecule has 1 saturated heterocycles. The van der Waals surface area contributed by atoms with Crippen molar-refractivity contribution < 1.29 is 14.4 Å². The Morgan fingerprint density at radius 2 is 1.76 bits per heavy atom. The Morgan fingerprint density at radius 3 is 2.48 bits per heavy atom. The first-order valence-electron chi connectivity index (χ1n) is 14.7. The maximum absolute atomic E-state index is 13.2. The summed E-state index contributed by atoms with van der Waals surface area (Å²) in [7, 11) is 2.13. The highest BCUT2D eigenvalue weighted by Gasteiger charge is 2.27. The molecule has 3 aromatic rings. The number of nitrogens with zero attached hydrogens (tertiary/aromatic N) is 2. The van der Waals surface area contributed by atoms with Crippen LogP contribution in [0.2, 0.25) is 0 Å². The van der Waals surface area contributed by atoms with Crippen molar-refractivity contribution in [1.82, 2.24) is 25.4 Å². The fraction of sp³-hybridized carbons (Fsp3) is 0.364. The predicted molar refractivity (Wildman–Crippen MR) is 166 cm³/mol. The number of hydrogen-bond donors (Lipinski definition) is 4. The van der Waals surface area contributed by atoms with E-state index in [0.29, 0.717) is 40.2 Å². The minimum atomic E-state index is -0.247. The number of aromatic nitrogens is 1. The van der Waals surface area contributed by atoms with E-state index in [2.05, 4.69) is 37.8 Å². The monoisotopic (exact) mass is 568 g/mol. The zero-order valence-corrected chi connectivity index (χ0v) is 24.8. The second-order valence-corrected chi connectivity index (χ2v) is 11.2. The van der Waals surface area contributed by atoms with Gasteiger partial charge in [-0.3, -0.25) is 19.3 Å². The normalized spacial score (nSPS) is 17.1. The smallest absolute Gasteiger partial charge is 0.256 e. The molecular formula is C33H40N6O3. The molecule has 9 heteroatoms. The molecule has 0 radical (unpaired) electrons. The van der Waals surface area contributed by atoms with Gasteiger partial charge in [0.2, 0.25) is 0 Å². The van der Waals surface area contributed by atoms with Gasteiger partial charge in [0.15, 0.2) is 0 Å². The Labute approximate surface area is 247 Å². The van der Waals surface area contributed by atoms with Crippen molar-refractivity contribution in [2.75, 3.05) is 51.6 Å². The minimum Gasteiger partial charge on any atom is -0.358 e. The van der Waals surface area contributed by atoms with Gasteiger partial charge >= 0.3 is 0 Å². The van der Waals surface area contributed by atoms with Crippen molar-refractivity contribution in [3.8, 4) is 0 Å². The zero-order chi connectivity index (χ0) is 29.8. The van der Waals surface area contributed by atoms with Crippen LogP contribution in [0, 0.1) is 13.8 Å². The molecule has 1 atom stereocenters. The number of fused-ring (bicyclic) bond motifs is 1. The molecule has 0 aliphatic carbocycles. The van der Waals surface area contributed by atoms with Crippen LogP contribution in [0.15, 0.2) is 48.5 Å². The molecule has 3 heterocycles. The molecule has 5 rings (SSSR count). The number of hydrogen-bond acceptors (Lipinski definition) is 5. The summed E-state index contributed by atoms with van der Waals surface area (Å²) in [6.45, 7) is 11.3. The first kappa shape index (κ1) is 29.3. The highest BCUT2D eigenvalue weighted by molar-refractivity contribution is 6.35. The number of carbonyl (C=O) groups is 3. The molecule has 9 nitrogen and oxygen atoms in total. The summed E-state index contributed by atoms with van der Waals surface area (Å²) < 4.78 is 0. The number of nitrogens with one attached hydrogen (secondary N) is 4. The van der Waals surface area contributed by atoms with Gasteiger partial charge in [0.1, 0.15) is 0 Å². The van der Waals surface area contributed by atoms with Gasteiger partial charge in [0.05, 0.1) is 17.2 Å². The summed E-state index contributed by atoms with van der Waals surface area (Å²) in [5, 5.41) is 9.08. The number of H-pyrrole nitrogens is 1. The minimum absolute atomic E-state index is 0.114. The topological polar surface area (TPSA) is 110 Å². The molecule has 3 amide bonds. The van der Waals surface area contributed by atoms with E-state index < -0.39 is 0 Å². The standard InChI is InChI=1S/C33H40N6O3/c1-5-27(23-9-7-6-8-10-23)36-31(40)24-11-12-28-25(19-24)26(32(41)37-28)20-29-21(2)30(22(3)35-29)33(42)34-13-14-39-17-15-38(4)16-18-39/h6-12,19-20,27,35H,5,13-18H2,1-4H3,(H,34,42)(H,36,40)(H,37,41)/t27-/m1/s1. The predicted octanol–water partition coefficient (Wildman–Crippen LogP) is 3.98. The van der Waals surface area contributed by atoms with Gasteiger partial charge in [0, 0.05) is 67.5 Å². The third kappa shape index (κ3) is 6.32. The number of benzene rings is 2. The fourth-order valence-corrected chi connectivity index (χ4v) is 5.71. The van der Waals surface area contributed by atoms with E-state index in [4.69, 9.17) is 0 Å². The number of rotatable bonds is 9. The van der Waals surface area contributed by atoms with Gasteiger partial charge in [-0.2, -0.15) is 0 Å². The molecule has 2 aliphatic heterocycles. The maximum Gasteiger partial charge on any atom is 0.256 e. The largest absolute Gasteiger partial charge is 0.358 e. The Morgan fingerprint density at radius 1 is 1.02 bits per heavy atom. The first-order valence-corrected chi connectivity index (χ1v) is 14.7. The Balaban J connectivity index is 1.31. The number of aryl methyl sites for hydroxylation is 1. The van der Waals surface area contributed by atoms with Gasteiger partial charge in [-0.25, -0.2) is 0 Å². The summed E-state index contributed by atoms with van der Waals surface area (Å²) in [5.74, 6) is -0.572. The van der Waals surface area contributed by atoms with Crippen LogP contribution in [-0.2, 0) is 4.79 Å². The molecule has 42 heavy (non-hydrogen) atoms. The second-order valence-electron chi connectivity index (χ2n) is 11.2. The van der Waals surface area contributed by atoms with Crippen molar-refractivity contribution in [3.63, 3.8) is 0 Å². The Kier molecular flexibility index (Phi) is 8.89. The molecule has 0 bridgehead atoms. The average molecular weight is 569 g/mol. The van der Waals surface area contributed by atoms with Crippen LogP contribution in [0.25, 0.3) is 11.6 Å². The van der Waals surface area contributed by atoms with E-state index in [1.807, 2.05) is 51.1 Å². The number of anilines is 1. The number of likely N-dealkylation sites (N-methyl/N-ethyl adjacent to an activating group) is 1. The Bertz CT molecular complexity index is 1500. The molecule has 2 aromatic carbocycles. The van der Waals surface area contributed by atoms with Gasteiger partial charge in [0.25, 0.3) is 17.7 Å². The maximum atomic E-state index is 13.2. The zero-order valence-electron chi connectivity index (χ0n) is 24.8. The van der Waals surface area contributed by atoms with Crippen molar-refractivity contribution >= 4 is 35.1 Å². The molecule has 0 spiro atoms. The number of amides is 3. The quantitative estimate of drug-likeness (QED) is 0.292. The first-order chi connectivity index (χ1) is 20.2. The molecule has 0 unspecified atom stereocenters. The van der Waals surface area contributed by atoms with Crippen LogP contribution in [-0.4, -0.2) is 78.8 Å². The number of carbonyl (C=O) groups excluding carboxylic acids is 3. The lowest BCUT2D eigenvalue weighted by Gasteiger charge is -2.32. The van der Waals surface area contributed by atoms with Crippen LogP contribution in [0.1, 0.15) is 68.2 Å². The lowest BCUT2D eigenvalue weighted by molar-refractivity contribution is -0.110. The van der Waals surface area contributed by atoms with Crippen LogP contribution in [0.5, 0.6) is 0 Å². The Hall–Kier alpha value is -4.21. The summed E-state index contributed by atoms with van der Waals surface area (Å²) in [6.07, 6.45) is 2.52. The molecule has 1 fully saturated rings. The van der Waals surface area contributed by atoms with Gasteiger partial charge in [-0.1, -0.05) is 37.3 Å². The molecule has 4 N–H and O–H groups in total.